The molecule has 0 radical (unpaired) electrons. The fourth-order valence-electron chi connectivity index (χ4n) is 1.43. The number of H-pyrrole nitrogens is 1. The number of aromatic nitrogens is 2. The van der Waals surface area contributed by atoms with E-state index in [0.717, 1.165) is 0 Å². The molecule has 17 heavy (non-hydrogen) atoms. The normalized spacial score (nSPS) is 10.5. The lowest BCUT2D eigenvalue weighted by Gasteiger charge is -2.05. The summed E-state index contributed by atoms with van der Waals surface area (Å²) in [4.78, 5) is 24.8. The van der Waals surface area contributed by atoms with E-state index in [0.29, 0.717) is 9.13 Å². The van der Waals surface area contributed by atoms with Crippen LogP contribution in [0.4, 0.5) is 4.39 Å². The third kappa shape index (κ3) is 2.82. The molecular weight excluding hydrogens is 338 g/mol. The van der Waals surface area contributed by atoms with Crippen molar-refractivity contribution in [2.45, 2.75) is 6.54 Å². The highest BCUT2D eigenvalue weighted by Crippen LogP contribution is 2.05. The minimum Gasteiger partial charge on any atom is -0.295 e. The first-order valence-electron chi connectivity index (χ1n) is 4.80. The molecule has 0 saturated carbocycles. The van der Waals surface area contributed by atoms with E-state index in [4.69, 9.17) is 0 Å². The molecular formula is C11H8FIN2O2. The molecule has 1 heterocycles. The number of halogens is 2. The van der Waals surface area contributed by atoms with E-state index >= 15 is 0 Å². The number of aromatic amines is 1. The molecule has 0 bridgehead atoms. The van der Waals surface area contributed by atoms with E-state index in [1.165, 1.54) is 22.9 Å². The molecule has 0 amide bonds. The lowest BCUT2D eigenvalue weighted by atomic mass is 10.2. The van der Waals surface area contributed by atoms with Gasteiger partial charge in [-0.15, -0.1) is 0 Å². The highest BCUT2D eigenvalue weighted by Gasteiger charge is 2.03. The quantitative estimate of drug-likeness (QED) is 0.835. The van der Waals surface area contributed by atoms with Gasteiger partial charge in [-0.1, -0.05) is 12.1 Å². The molecule has 0 aliphatic carbocycles. The van der Waals surface area contributed by atoms with Crippen LogP contribution in [0.3, 0.4) is 0 Å². The fourth-order valence-corrected chi connectivity index (χ4v) is 1.90. The molecule has 0 aliphatic rings. The Hall–Kier alpha value is -1.44. The van der Waals surface area contributed by atoms with Crippen LogP contribution in [0.25, 0.3) is 0 Å². The molecule has 0 saturated heterocycles. The Labute approximate surface area is 109 Å². The van der Waals surface area contributed by atoms with Crippen molar-refractivity contribution in [3.8, 4) is 0 Å². The first-order chi connectivity index (χ1) is 8.06. The average molecular weight is 346 g/mol. The number of benzene rings is 1. The van der Waals surface area contributed by atoms with Gasteiger partial charge in [0.25, 0.3) is 5.56 Å². The van der Waals surface area contributed by atoms with Gasteiger partial charge in [0.05, 0.1) is 10.1 Å². The summed E-state index contributed by atoms with van der Waals surface area (Å²) in [5.41, 5.74) is -0.249. The summed E-state index contributed by atoms with van der Waals surface area (Å²) in [5, 5.41) is 0. The van der Waals surface area contributed by atoms with Crippen molar-refractivity contribution in [1.82, 2.24) is 9.55 Å². The Morgan fingerprint density at radius 1 is 1.35 bits per heavy atom. The summed E-state index contributed by atoms with van der Waals surface area (Å²) in [5.74, 6) is -0.352. The lowest BCUT2D eigenvalue weighted by Crippen LogP contribution is -2.31. The van der Waals surface area contributed by atoms with Gasteiger partial charge in [0.2, 0.25) is 0 Å². The predicted octanol–water partition coefficient (Wildman–Crippen LogP) is 1.33. The van der Waals surface area contributed by atoms with Crippen LogP contribution in [0.5, 0.6) is 0 Å². The van der Waals surface area contributed by atoms with Gasteiger partial charge in [0, 0.05) is 6.20 Å². The van der Waals surface area contributed by atoms with Crippen molar-refractivity contribution in [1.29, 1.82) is 0 Å². The molecule has 0 spiro atoms. The Balaban J connectivity index is 2.40. The minimum atomic E-state index is -0.500. The van der Waals surface area contributed by atoms with Crippen LogP contribution in [-0.2, 0) is 6.54 Å². The minimum absolute atomic E-state index is 0.226. The molecule has 2 aromatic rings. The summed E-state index contributed by atoms with van der Waals surface area (Å²) in [6, 6.07) is 5.98. The molecule has 1 N–H and O–H groups in total. The molecule has 0 aliphatic heterocycles. The Bertz CT molecular complexity index is 663. The van der Waals surface area contributed by atoms with Crippen LogP contribution in [0.15, 0.2) is 40.1 Å². The van der Waals surface area contributed by atoms with E-state index in [1.807, 2.05) is 22.6 Å². The van der Waals surface area contributed by atoms with Crippen molar-refractivity contribution in [2.75, 3.05) is 0 Å². The van der Waals surface area contributed by atoms with E-state index in [2.05, 4.69) is 4.98 Å². The van der Waals surface area contributed by atoms with E-state index in [1.54, 1.807) is 12.1 Å². The molecule has 1 aromatic carbocycles. The van der Waals surface area contributed by atoms with Crippen molar-refractivity contribution in [3.63, 3.8) is 0 Å². The molecule has 0 fully saturated rings. The summed E-state index contributed by atoms with van der Waals surface area (Å²) in [6.45, 7) is 0.226. The number of hydrogen-bond acceptors (Lipinski definition) is 2. The third-order valence-electron chi connectivity index (χ3n) is 2.21. The van der Waals surface area contributed by atoms with Gasteiger partial charge >= 0.3 is 5.69 Å². The summed E-state index contributed by atoms with van der Waals surface area (Å²) >= 11 is 1.84. The largest absolute Gasteiger partial charge is 0.328 e. The number of rotatable bonds is 2. The molecule has 4 nitrogen and oxygen atoms in total. The fraction of sp³-hybridized carbons (Fsp3) is 0.0909. The van der Waals surface area contributed by atoms with Crippen LogP contribution in [-0.4, -0.2) is 9.55 Å². The monoisotopic (exact) mass is 346 g/mol. The van der Waals surface area contributed by atoms with Crippen molar-refractivity contribution in [3.05, 3.63) is 66.3 Å². The van der Waals surface area contributed by atoms with E-state index in [9.17, 15) is 14.0 Å². The van der Waals surface area contributed by atoms with Gasteiger partial charge in [0.15, 0.2) is 0 Å². The number of nitrogens with one attached hydrogen (secondary N) is 1. The maximum Gasteiger partial charge on any atom is 0.328 e. The Morgan fingerprint density at radius 3 is 2.82 bits per heavy atom. The first-order valence-corrected chi connectivity index (χ1v) is 5.88. The van der Waals surface area contributed by atoms with Gasteiger partial charge in [-0.2, -0.15) is 0 Å². The highest BCUT2D eigenvalue weighted by molar-refractivity contribution is 14.1. The van der Waals surface area contributed by atoms with Crippen molar-refractivity contribution in [2.24, 2.45) is 0 Å². The molecule has 0 unspecified atom stereocenters. The molecule has 0 atom stereocenters. The summed E-state index contributed by atoms with van der Waals surface area (Å²) in [7, 11) is 0. The van der Waals surface area contributed by atoms with Crippen LogP contribution in [0.1, 0.15) is 5.56 Å². The average Bonchev–Trinajstić information content (AvgIpc) is 2.26. The van der Waals surface area contributed by atoms with Gasteiger partial charge in [-0.3, -0.25) is 14.3 Å². The SMILES string of the molecule is O=c1[nH]c(=O)n(Cc2cccc(F)c2)cc1I. The zero-order valence-corrected chi connectivity index (χ0v) is 10.8. The summed E-state index contributed by atoms with van der Waals surface area (Å²) in [6.07, 6.45) is 1.45. The topological polar surface area (TPSA) is 54.9 Å². The van der Waals surface area contributed by atoms with Gasteiger partial charge < -0.3 is 0 Å². The molecule has 1 aromatic heterocycles. The Kier molecular flexibility index (Phi) is 3.41. The maximum absolute atomic E-state index is 13.0. The smallest absolute Gasteiger partial charge is 0.295 e. The number of hydrogen-bond donors (Lipinski definition) is 1. The number of nitrogens with zero attached hydrogens (tertiary/aromatic N) is 1. The van der Waals surface area contributed by atoms with Gasteiger partial charge in [0.1, 0.15) is 5.82 Å². The zero-order chi connectivity index (χ0) is 12.4. The first kappa shape index (κ1) is 12.0. The van der Waals surface area contributed by atoms with Crippen LogP contribution < -0.4 is 11.2 Å². The van der Waals surface area contributed by atoms with Crippen LogP contribution >= 0.6 is 22.6 Å². The highest BCUT2D eigenvalue weighted by atomic mass is 127. The second-order valence-corrected chi connectivity index (χ2v) is 4.66. The second kappa shape index (κ2) is 4.82. The molecule has 2 rings (SSSR count). The lowest BCUT2D eigenvalue weighted by molar-refractivity contribution is 0.621. The molecule has 88 valence electrons. The van der Waals surface area contributed by atoms with Crippen LogP contribution in [0, 0.1) is 9.39 Å². The third-order valence-corrected chi connectivity index (χ3v) is 2.98. The van der Waals surface area contributed by atoms with Gasteiger partial charge in [-0.25, -0.2) is 9.18 Å². The maximum atomic E-state index is 13.0. The standard InChI is InChI=1S/C11H8FIN2O2/c12-8-3-1-2-7(4-8)5-15-6-9(13)10(16)14-11(15)17/h1-4,6H,5H2,(H,14,16,17). The van der Waals surface area contributed by atoms with E-state index < -0.39 is 11.2 Å². The zero-order valence-electron chi connectivity index (χ0n) is 8.61. The summed E-state index contributed by atoms with van der Waals surface area (Å²) < 4.78 is 14.7. The van der Waals surface area contributed by atoms with Crippen molar-refractivity contribution < 1.29 is 4.39 Å². The Morgan fingerprint density at radius 2 is 2.12 bits per heavy atom. The van der Waals surface area contributed by atoms with E-state index in [-0.39, 0.29) is 12.4 Å². The second-order valence-electron chi connectivity index (χ2n) is 3.49. The van der Waals surface area contributed by atoms with Crippen LogP contribution in [0.2, 0.25) is 0 Å². The van der Waals surface area contributed by atoms with Gasteiger partial charge in [-0.05, 0) is 40.3 Å². The molecule has 6 heteroatoms. The predicted molar refractivity (Wildman–Crippen MR) is 69.5 cm³/mol. The van der Waals surface area contributed by atoms with Crippen molar-refractivity contribution >= 4 is 22.6 Å².